The molecule has 9 atom stereocenters. The zero-order valence-electron chi connectivity index (χ0n) is 24.4. The number of carbonyl (C=O) groups excluding carboxylic acids is 3. The van der Waals surface area contributed by atoms with Gasteiger partial charge in [-0.1, -0.05) is 38.8 Å². The summed E-state index contributed by atoms with van der Waals surface area (Å²) in [6.07, 6.45) is 8.19. The van der Waals surface area contributed by atoms with Gasteiger partial charge in [-0.05, 0) is 80.4 Å². The molecule has 41 heavy (non-hydrogen) atoms. The van der Waals surface area contributed by atoms with Gasteiger partial charge in [0.05, 0.1) is 12.2 Å². The summed E-state index contributed by atoms with van der Waals surface area (Å²) in [6.45, 7) is 7.60. The number of aliphatic hydroxyl groups excluding tert-OH is 1. The van der Waals surface area contributed by atoms with E-state index >= 15 is 0 Å². The van der Waals surface area contributed by atoms with Crippen LogP contribution in [0.15, 0.2) is 48.1 Å². The maximum atomic E-state index is 14.3. The van der Waals surface area contributed by atoms with Gasteiger partial charge in [0.2, 0.25) is 11.7 Å². The van der Waals surface area contributed by atoms with Gasteiger partial charge in [-0.2, -0.15) is 0 Å². The summed E-state index contributed by atoms with van der Waals surface area (Å²) in [6, 6.07) is 6.92. The molecule has 1 heterocycles. The summed E-state index contributed by atoms with van der Waals surface area (Å²) >= 11 is 0. The molecule has 0 spiro atoms. The van der Waals surface area contributed by atoms with Crippen LogP contribution in [0, 0.1) is 28.6 Å². The first-order chi connectivity index (χ1) is 19.5. The van der Waals surface area contributed by atoms with Crippen LogP contribution >= 0.6 is 0 Å². The number of carbonyl (C=O) groups is 3. The van der Waals surface area contributed by atoms with Gasteiger partial charge in [0, 0.05) is 29.4 Å². The van der Waals surface area contributed by atoms with Crippen LogP contribution in [0.3, 0.4) is 0 Å². The lowest BCUT2D eigenvalue weighted by molar-refractivity contribution is -0.200. The zero-order valence-corrected chi connectivity index (χ0v) is 24.4. The number of amides is 1. The fourth-order valence-electron chi connectivity index (χ4n) is 9.10. The van der Waals surface area contributed by atoms with Crippen molar-refractivity contribution >= 4 is 23.2 Å². The van der Waals surface area contributed by atoms with E-state index in [0.29, 0.717) is 30.7 Å². The van der Waals surface area contributed by atoms with Crippen molar-refractivity contribution in [3.8, 4) is 5.75 Å². The third kappa shape index (κ3) is 4.33. The molecule has 0 aromatic heterocycles. The van der Waals surface area contributed by atoms with E-state index in [2.05, 4.69) is 26.1 Å². The lowest BCUT2D eigenvalue weighted by Crippen LogP contribution is -2.63. The molecule has 1 aromatic rings. The first kappa shape index (κ1) is 28.3. The highest BCUT2D eigenvalue weighted by Gasteiger charge is 2.75. The number of hydrogen-bond acceptors (Lipinski definition) is 7. The molecule has 1 amide bonds. The third-order valence-corrected chi connectivity index (χ3v) is 10.8. The summed E-state index contributed by atoms with van der Waals surface area (Å²) in [5.74, 6) is 0.457. The maximum absolute atomic E-state index is 14.3. The van der Waals surface area contributed by atoms with E-state index in [1.807, 2.05) is 6.08 Å². The average molecular weight is 564 g/mol. The van der Waals surface area contributed by atoms with Gasteiger partial charge in [-0.15, -0.1) is 0 Å². The van der Waals surface area contributed by atoms with E-state index in [0.717, 1.165) is 24.8 Å². The maximum Gasteiger partial charge on any atom is 0.221 e. The van der Waals surface area contributed by atoms with E-state index in [9.17, 15) is 19.5 Å². The van der Waals surface area contributed by atoms with Gasteiger partial charge in [-0.3, -0.25) is 14.4 Å². The highest BCUT2D eigenvalue weighted by Crippen LogP contribution is 2.69. The second-order valence-electron chi connectivity index (χ2n) is 13.1. The molecule has 8 nitrogen and oxygen atoms in total. The van der Waals surface area contributed by atoms with Crippen molar-refractivity contribution in [2.45, 2.75) is 90.3 Å². The number of nitrogens with one attached hydrogen (secondary N) is 1. The molecule has 5 aliphatic rings. The minimum absolute atomic E-state index is 0.0135. The Kier molecular flexibility index (Phi) is 7.03. The molecule has 1 saturated heterocycles. The molecular weight excluding hydrogens is 522 g/mol. The Balaban J connectivity index is 1.29. The number of Topliss-reactive ketones (excluding diaryl/α,β-unsaturated/α-hetero) is 1. The molecule has 220 valence electrons. The summed E-state index contributed by atoms with van der Waals surface area (Å²) in [7, 11) is 0. The molecule has 2 N–H and O–H groups in total. The average Bonchev–Trinajstić information content (AvgIpc) is 3.40. The number of rotatable bonds is 7. The van der Waals surface area contributed by atoms with Gasteiger partial charge >= 0.3 is 0 Å². The Labute approximate surface area is 241 Å². The topological polar surface area (TPSA) is 111 Å². The summed E-state index contributed by atoms with van der Waals surface area (Å²) in [5.41, 5.74) is -0.479. The van der Waals surface area contributed by atoms with Gasteiger partial charge in [0.15, 0.2) is 17.7 Å². The number of anilines is 1. The third-order valence-electron chi connectivity index (χ3n) is 10.8. The van der Waals surface area contributed by atoms with E-state index < -0.39 is 29.5 Å². The van der Waals surface area contributed by atoms with Crippen LogP contribution in [0.25, 0.3) is 0 Å². The van der Waals surface area contributed by atoms with Crippen molar-refractivity contribution in [1.29, 1.82) is 0 Å². The molecule has 6 rings (SSSR count). The Hall–Kier alpha value is -2.81. The summed E-state index contributed by atoms with van der Waals surface area (Å²) in [5, 5.41) is 14.6. The van der Waals surface area contributed by atoms with Crippen LogP contribution in [0.1, 0.15) is 66.2 Å². The van der Waals surface area contributed by atoms with Gasteiger partial charge < -0.3 is 24.6 Å². The zero-order chi connectivity index (χ0) is 29.2. The monoisotopic (exact) mass is 563 g/mol. The molecule has 8 heteroatoms. The molecule has 4 aliphatic carbocycles. The van der Waals surface area contributed by atoms with Crippen molar-refractivity contribution in [3.63, 3.8) is 0 Å². The second kappa shape index (κ2) is 10.2. The van der Waals surface area contributed by atoms with E-state index in [4.69, 9.17) is 14.2 Å². The number of aliphatic hydroxyl groups is 1. The Morgan fingerprint density at radius 1 is 1.20 bits per heavy atom. The predicted octanol–water partition coefficient (Wildman–Crippen LogP) is 4.76. The van der Waals surface area contributed by atoms with Gasteiger partial charge in [-0.25, -0.2) is 0 Å². The molecule has 0 radical (unpaired) electrons. The standard InChI is InChI=1S/C33H41NO7/c1-5-6-29-40-28-16-25-24-12-7-20-15-22(36)13-14-31(20,3)30(24)26(37)17-32(25,4)33(28,41-29)27(38)18-39-23-10-8-21(9-11-23)34-19(2)35/h8-11,13-15,24-26,28-30,37H,5-7,12,16-18H2,1-4H3,(H,34,35)/t24-,25-,26-,28+,29+,30+,31-,32-,33+/m0/s1. The fraction of sp³-hybridized carbons (Fsp3) is 0.606. The smallest absolute Gasteiger partial charge is 0.221 e. The minimum atomic E-state index is -1.21. The molecular formula is C33H41NO7. The summed E-state index contributed by atoms with van der Waals surface area (Å²) in [4.78, 5) is 37.8. The van der Waals surface area contributed by atoms with Crippen molar-refractivity contribution in [3.05, 3.63) is 48.1 Å². The number of ether oxygens (including phenoxy) is 3. The van der Waals surface area contributed by atoms with Gasteiger partial charge in [0.25, 0.3) is 0 Å². The van der Waals surface area contributed by atoms with E-state index in [1.165, 1.54) is 6.92 Å². The Morgan fingerprint density at radius 2 is 1.95 bits per heavy atom. The molecule has 0 unspecified atom stereocenters. The van der Waals surface area contributed by atoms with Crippen LogP contribution in [0.5, 0.6) is 5.75 Å². The summed E-state index contributed by atoms with van der Waals surface area (Å²) < 4.78 is 19.2. The minimum Gasteiger partial charge on any atom is -0.486 e. The normalized spacial score (nSPS) is 40.6. The second-order valence-corrected chi connectivity index (χ2v) is 13.1. The first-order valence-corrected chi connectivity index (χ1v) is 15.0. The molecule has 1 aromatic carbocycles. The van der Waals surface area contributed by atoms with E-state index in [-0.39, 0.29) is 47.2 Å². The number of benzene rings is 1. The Morgan fingerprint density at radius 3 is 2.66 bits per heavy atom. The number of hydrogen-bond donors (Lipinski definition) is 2. The molecule has 4 fully saturated rings. The molecule has 3 saturated carbocycles. The number of fused-ring (bicyclic) bond motifs is 7. The largest absolute Gasteiger partial charge is 0.486 e. The van der Waals surface area contributed by atoms with Crippen molar-refractivity contribution in [2.75, 3.05) is 11.9 Å². The van der Waals surface area contributed by atoms with Crippen LogP contribution in [0.2, 0.25) is 0 Å². The van der Waals surface area contributed by atoms with Crippen molar-refractivity contribution in [2.24, 2.45) is 28.6 Å². The quantitative estimate of drug-likeness (QED) is 0.492. The van der Waals surface area contributed by atoms with Gasteiger partial charge in [0.1, 0.15) is 12.4 Å². The predicted molar refractivity (Wildman–Crippen MR) is 152 cm³/mol. The SMILES string of the molecule is CCC[C@@H]1O[C@@H]2C[C@H]3[C@@H]4CCC5=CC(=O)C=C[C@]5(C)[C@H]4[C@@H](O)C[C@]3(C)[C@]2(C(=O)COc2ccc(NC(C)=O)cc2)O1. The van der Waals surface area contributed by atoms with Crippen LogP contribution < -0.4 is 10.1 Å². The number of allylic oxidation sites excluding steroid dienone is 4. The first-order valence-electron chi connectivity index (χ1n) is 15.0. The number of ketones is 2. The lowest BCUT2D eigenvalue weighted by Gasteiger charge is -2.59. The lowest BCUT2D eigenvalue weighted by atomic mass is 9.46. The molecule has 1 aliphatic heterocycles. The van der Waals surface area contributed by atoms with Crippen LogP contribution in [-0.4, -0.2) is 53.3 Å². The fourth-order valence-corrected chi connectivity index (χ4v) is 9.10. The van der Waals surface area contributed by atoms with E-state index in [1.54, 1.807) is 36.4 Å². The van der Waals surface area contributed by atoms with Crippen LogP contribution in [-0.2, 0) is 23.9 Å². The van der Waals surface area contributed by atoms with Crippen LogP contribution in [0.4, 0.5) is 5.69 Å². The highest BCUT2D eigenvalue weighted by molar-refractivity contribution is 6.01. The van der Waals surface area contributed by atoms with Crippen molar-refractivity contribution < 1.29 is 33.7 Å². The Bertz CT molecular complexity index is 1300. The molecule has 0 bridgehead atoms. The highest BCUT2D eigenvalue weighted by atomic mass is 16.7. The van der Waals surface area contributed by atoms with Crippen molar-refractivity contribution in [1.82, 2.24) is 0 Å².